The van der Waals surface area contributed by atoms with E-state index >= 15 is 0 Å². The van der Waals surface area contributed by atoms with Crippen LogP contribution in [0.5, 0.6) is 0 Å². The van der Waals surface area contributed by atoms with Crippen molar-refractivity contribution in [3.05, 3.63) is 0 Å². The number of Topliss-reactive ketones (excluding diaryl/α,β-unsaturated/α-hetero) is 1. The molecule has 0 amide bonds. The standard InChI is InChI=1S/C14H18O5/c1-7-8-4-5-9(15)14(7,8)12(17)19-10-11(16)18-6-13(10,2)3/h7-8,10H,4-6H2,1-3H3/t7-,8-,10+,14-/m1/s1. The van der Waals surface area contributed by atoms with Crippen molar-refractivity contribution in [2.24, 2.45) is 22.7 Å². The molecule has 2 saturated carbocycles. The first-order chi connectivity index (χ1) is 8.81. The molecule has 0 spiro atoms. The van der Waals surface area contributed by atoms with Gasteiger partial charge in [-0.2, -0.15) is 0 Å². The topological polar surface area (TPSA) is 69.7 Å². The number of hydrogen-bond donors (Lipinski definition) is 0. The maximum absolute atomic E-state index is 12.4. The Morgan fingerprint density at radius 2 is 2.05 bits per heavy atom. The molecule has 0 bridgehead atoms. The molecule has 0 N–H and O–H groups in total. The second-order valence-electron chi connectivity index (χ2n) is 6.61. The maximum atomic E-state index is 12.4. The molecule has 3 rings (SSSR count). The molecule has 19 heavy (non-hydrogen) atoms. The van der Waals surface area contributed by atoms with Crippen molar-refractivity contribution < 1.29 is 23.9 Å². The molecule has 0 aromatic rings. The molecule has 1 saturated heterocycles. The largest absolute Gasteiger partial charge is 0.462 e. The van der Waals surface area contributed by atoms with Crippen molar-refractivity contribution in [1.82, 2.24) is 0 Å². The van der Waals surface area contributed by atoms with Crippen LogP contribution in [-0.2, 0) is 23.9 Å². The van der Waals surface area contributed by atoms with Gasteiger partial charge in [0.05, 0.1) is 0 Å². The van der Waals surface area contributed by atoms with E-state index in [4.69, 9.17) is 9.47 Å². The van der Waals surface area contributed by atoms with Crippen LogP contribution >= 0.6 is 0 Å². The lowest BCUT2D eigenvalue weighted by molar-refractivity contribution is -0.169. The number of ether oxygens (including phenoxy) is 2. The fourth-order valence-corrected chi connectivity index (χ4v) is 3.67. The summed E-state index contributed by atoms with van der Waals surface area (Å²) in [6, 6.07) is 0. The summed E-state index contributed by atoms with van der Waals surface area (Å²) in [5.74, 6) is -0.913. The molecule has 0 radical (unpaired) electrons. The molecule has 0 aromatic heterocycles. The molecule has 1 heterocycles. The Kier molecular flexibility index (Phi) is 2.38. The average Bonchev–Trinajstić information content (AvgIpc) is 2.62. The first kappa shape index (κ1) is 12.6. The van der Waals surface area contributed by atoms with Crippen molar-refractivity contribution in [3.8, 4) is 0 Å². The second kappa shape index (κ2) is 3.58. The Labute approximate surface area is 111 Å². The lowest BCUT2D eigenvalue weighted by Crippen LogP contribution is -2.39. The molecule has 3 aliphatic rings. The SMILES string of the molecule is C[C@@H]1[C@H]2CCC(=O)[C@@]12C(=O)O[C@H]1C(=O)OCC1(C)C. The highest BCUT2D eigenvalue weighted by Crippen LogP contribution is 2.67. The van der Waals surface area contributed by atoms with Gasteiger partial charge in [-0.15, -0.1) is 0 Å². The minimum atomic E-state index is -0.959. The van der Waals surface area contributed by atoms with Gasteiger partial charge in [0.1, 0.15) is 12.0 Å². The number of ketones is 1. The van der Waals surface area contributed by atoms with Crippen molar-refractivity contribution in [1.29, 1.82) is 0 Å². The predicted octanol–water partition coefficient (Wildman–Crippen LogP) is 1.10. The Morgan fingerprint density at radius 3 is 2.53 bits per heavy atom. The summed E-state index contributed by atoms with van der Waals surface area (Å²) in [7, 11) is 0. The summed E-state index contributed by atoms with van der Waals surface area (Å²) < 4.78 is 10.3. The number of cyclic esters (lactones) is 1. The molecule has 1 aliphatic heterocycles. The molecule has 0 unspecified atom stereocenters. The van der Waals surface area contributed by atoms with Crippen LogP contribution in [0.25, 0.3) is 0 Å². The monoisotopic (exact) mass is 266 g/mol. The van der Waals surface area contributed by atoms with E-state index in [9.17, 15) is 14.4 Å². The van der Waals surface area contributed by atoms with Crippen LogP contribution in [0.2, 0.25) is 0 Å². The van der Waals surface area contributed by atoms with E-state index in [0.717, 1.165) is 6.42 Å². The lowest BCUT2D eigenvalue weighted by atomic mass is 9.89. The highest BCUT2D eigenvalue weighted by molar-refractivity contribution is 6.10. The fourth-order valence-electron chi connectivity index (χ4n) is 3.67. The second-order valence-corrected chi connectivity index (χ2v) is 6.61. The molecular weight excluding hydrogens is 248 g/mol. The summed E-state index contributed by atoms with van der Waals surface area (Å²) in [6.45, 7) is 5.78. The van der Waals surface area contributed by atoms with Gasteiger partial charge in [-0.1, -0.05) is 20.8 Å². The minimum absolute atomic E-state index is 0.0285. The van der Waals surface area contributed by atoms with Crippen LogP contribution in [0.1, 0.15) is 33.6 Å². The van der Waals surface area contributed by atoms with Gasteiger partial charge in [0.15, 0.2) is 5.78 Å². The number of carbonyl (C=O) groups excluding carboxylic acids is 3. The number of esters is 2. The van der Waals surface area contributed by atoms with Crippen molar-refractivity contribution in [2.75, 3.05) is 6.61 Å². The van der Waals surface area contributed by atoms with Gasteiger partial charge >= 0.3 is 11.9 Å². The summed E-state index contributed by atoms with van der Waals surface area (Å²) in [5.41, 5.74) is -1.49. The van der Waals surface area contributed by atoms with Crippen LogP contribution in [0.3, 0.4) is 0 Å². The summed E-state index contributed by atoms with van der Waals surface area (Å²) in [6.07, 6.45) is 0.312. The zero-order chi connectivity index (χ0) is 14.0. The third-order valence-corrected chi connectivity index (χ3v) is 5.01. The first-order valence-corrected chi connectivity index (χ1v) is 6.73. The van der Waals surface area contributed by atoms with Crippen LogP contribution < -0.4 is 0 Å². The third-order valence-electron chi connectivity index (χ3n) is 5.01. The molecule has 104 valence electrons. The van der Waals surface area contributed by atoms with Gasteiger partial charge in [-0.25, -0.2) is 4.79 Å². The molecule has 5 heteroatoms. The Hall–Kier alpha value is -1.39. The molecule has 5 nitrogen and oxygen atoms in total. The third kappa shape index (κ3) is 1.44. The fraction of sp³-hybridized carbons (Fsp3) is 0.786. The van der Waals surface area contributed by atoms with Crippen LogP contribution in [-0.4, -0.2) is 30.4 Å². The number of hydrogen-bond acceptors (Lipinski definition) is 5. The van der Waals surface area contributed by atoms with E-state index in [0.29, 0.717) is 6.42 Å². The first-order valence-electron chi connectivity index (χ1n) is 6.73. The quantitative estimate of drug-likeness (QED) is 0.553. The number of rotatable bonds is 2. The molecule has 4 atom stereocenters. The van der Waals surface area contributed by atoms with E-state index in [1.54, 1.807) is 0 Å². The molecule has 3 fully saturated rings. The van der Waals surface area contributed by atoms with E-state index in [2.05, 4.69) is 0 Å². The molecular formula is C14H18O5. The van der Waals surface area contributed by atoms with Gasteiger partial charge < -0.3 is 9.47 Å². The number of carbonyl (C=O) groups is 3. The Morgan fingerprint density at radius 1 is 1.37 bits per heavy atom. The minimum Gasteiger partial charge on any atom is -0.462 e. The lowest BCUT2D eigenvalue weighted by Gasteiger charge is -2.23. The average molecular weight is 266 g/mol. The zero-order valence-electron chi connectivity index (χ0n) is 11.4. The van der Waals surface area contributed by atoms with Crippen LogP contribution in [0.15, 0.2) is 0 Å². The predicted molar refractivity (Wildman–Crippen MR) is 63.9 cm³/mol. The highest BCUT2D eigenvalue weighted by Gasteiger charge is 2.75. The van der Waals surface area contributed by atoms with Crippen molar-refractivity contribution in [2.45, 2.75) is 39.7 Å². The zero-order valence-corrected chi connectivity index (χ0v) is 11.4. The van der Waals surface area contributed by atoms with Gasteiger partial charge in [0, 0.05) is 11.8 Å². The Bertz CT molecular complexity index is 480. The van der Waals surface area contributed by atoms with Gasteiger partial charge in [-0.05, 0) is 18.3 Å². The smallest absolute Gasteiger partial charge is 0.348 e. The summed E-state index contributed by atoms with van der Waals surface area (Å²) in [4.78, 5) is 36.0. The van der Waals surface area contributed by atoms with E-state index < -0.39 is 28.9 Å². The number of fused-ring (bicyclic) bond motifs is 1. The molecule has 0 aromatic carbocycles. The highest BCUT2D eigenvalue weighted by atomic mass is 16.6. The van der Waals surface area contributed by atoms with Crippen LogP contribution in [0.4, 0.5) is 0 Å². The normalized spacial score (nSPS) is 42.8. The van der Waals surface area contributed by atoms with Gasteiger partial charge in [0.2, 0.25) is 6.10 Å². The maximum Gasteiger partial charge on any atom is 0.348 e. The van der Waals surface area contributed by atoms with Crippen molar-refractivity contribution >= 4 is 17.7 Å². The van der Waals surface area contributed by atoms with E-state index in [-0.39, 0.29) is 24.2 Å². The van der Waals surface area contributed by atoms with E-state index in [1.165, 1.54) is 0 Å². The molecule has 2 aliphatic carbocycles. The summed E-state index contributed by atoms with van der Waals surface area (Å²) in [5, 5.41) is 0. The van der Waals surface area contributed by atoms with Gasteiger partial charge in [-0.3, -0.25) is 9.59 Å². The summed E-state index contributed by atoms with van der Waals surface area (Å²) >= 11 is 0. The van der Waals surface area contributed by atoms with Crippen LogP contribution in [0, 0.1) is 22.7 Å². The van der Waals surface area contributed by atoms with Crippen molar-refractivity contribution in [3.63, 3.8) is 0 Å². The van der Waals surface area contributed by atoms with E-state index in [1.807, 2.05) is 20.8 Å². The van der Waals surface area contributed by atoms with Gasteiger partial charge in [0.25, 0.3) is 0 Å². The Balaban J connectivity index is 1.80.